The van der Waals surface area contributed by atoms with Crippen molar-refractivity contribution in [1.82, 2.24) is 0 Å². The minimum Gasteiger partial charge on any atom is -0.478 e. The highest BCUT2D eigenvalue weighted by molar-refractivity contribution is 5.79. The molecule has 0 saturated heterocycles. The maximum absolute atomic E-state index is 9.51. The largest absolute Gasteiger partial charge is 0.478 e. The normalized spacial score (nSPS) is 8.33. The fourth-order valence-corrected chi connectivity index (χ4v) is 0.143. The molecule has 0 fully saturated rings. The van der Waals surface area contributed by atoms with E-state index in [4.69, 9.17) is 10.8 Å². The van der Waals surface area contributed by atoms with Crippen LogP contribution in [0.15, 0.2) is 12.2 Å². The van der Waals surface area contributed by atoms with Gasteiger partial charge in [-0.3, -0.25) is 0 Å². The molecule has 0 unspecified atom stereocenters. The lowest BCUT2D eigenvalue weighted by atomic mass is 10.5. The third kappa shape index (κ3) is 40.7. The van der Waals surface area contributed by atoms with Gasteiger partial charge in [-0.25, -0.2) is 4.79 Å². The van der Waals surface area contributed by atoms with Crippen LogP contribution in [0.5, 0.6) is 0 Å². The summed E-state index contributed by atoms with van der Waals surface area (Å²) in [4.78, 5) is 9.51. The Morgan fingerprint density at radius 2 is 2.11 bits per heavy atom. The molecule has 0 aromatic carbocycles. The number of hydrogen-bond acceptors (Lipinski definition) is 2. The fourth-order valence-electron chi connectivity index (χ4n) is 0.143. The minimum absolute atomic E-state index is 0.750. The molecule has 54 valence electrons. The second-order valence-corrected chi connectivity index (χ2v) is 1.25. The average molecular weight is 131 g/mol. The first kappa shape index (κ1) is 11.0. The summed E-state index contributed by atoms with van der Waals surface area (Å²) in [5.74, 6) is -0.891. The van der Waals surface area contributed by atoms with E-state index in [9.17, 15) is 4.79 Å². The highest BCUT2D eigenvalue weighted by Gasteiger charge is 1.76. The van der Waals surface area contributed by atoms with Crippen LogP contribution in [0.2, 0.25) is 0 Å². The molecule has 0 bridgehead atoms. The quantitative estimate of drug-likeness (QED) is 0.512. The molecule has 0 radical (unpaired) electrons. The van der Waals surface area contributed by atoms with Crippen molar-refractivity contribution >= 4 is 5.97 Å². The molecule has 0 saturated carbocycles. The number of aliphatic carboxylic acids is 1. The zero-order valence-corrected chi connectivity index (χ0v) is 5.79. The van der Waals surface area contributed by atoms with Crippen LogP contribution in [-0.4, -0.2) is 17.6 Å². The Balaban J connectivity index is 0. The van der Waals surface area contributed by atoms with Crippen LogP contribution in [0.1, 0.15) is 13.8 Å². The van der Waals surface area contributed by atoms with Gasteiger partial charge in [0.1, 0.15) is 0 Å². The van der Waals surface area contributed by atoms with Crippen molar-refractivity contribution in [3.8, 4) is 0 Å². The highest BCUT2D eigenvalue weighted by atomic mass is 16.4. The van der Waals surface area contributed by atoms with Crippen molar-refractivity contribution in [3.63, 3.8) is 0 Å². The maximum Gasteiger partial charge on any atom is 0.327 e. The molecule has 0 aliphatic rings. The molecule has 0 heterocycles. The molecule has 3 heteroatoms. The number of allylic oxidation sites excluding steroid dienone is 1. The summed E-state index contributed by atoms with van der Waals surface area (Å²) in [7, 11) is 0. The summed E-state index contributed by atoms with van der Waals surface area (Å²) in [6.45, 7) is 4.31. The van der Waals surface area contributed by atoms with E-state index in [-0.39, 0.29) is 0 Å². The highest BCUT2D eigenvalue weighted by Crippen LogP contribution is 1.65. The van der Waals surface area contributed by atoms with E-state index in [0.29, 0.717) is 0 Å². The Kier molecular flexibility index (Phi) is 12.5. The van der Waals surface area contributed by atoms with E-state index in [1.807, 2.05) is 6.92 Å². The molecule has 3 N–H and O–H groups in total. The Labute approximate surface area is 55.2 Å². The average Bonchev–Trinajstić information content (AvgIpc) is 1.67. The lowest BCUT2D eigenvalue weighted by molar-refractivity contribution is -0.131. The lowest BCUT2D eigenvalue weighted by Gasteiger charge is -1.68. The number of carboxylic acids is 1. The van der Waals surface area contributed by atoms with E-state index in [1.54, 1.807) is 6.92 Å². The zero-order valence-electron chi connectivity index (χ0n) is 5.79. The van der Waals surface area contributed by atoms with Gasteiger partial charge < -0.3 is 10.8 Å². The van der Waals surface area contributed by atoms with Crippen LogP contribution < -0.4 is 5.73 Å². The second kappa shape index (κ2) is 10.2. The van der Waals surface area contributed by atoms with Crippen molar-refractivity contribution in [2.45, 2.75) is 13.8 Å². The molecule has 0 rings (SSSR count). The van der Waals surface area contributed by atoms with Gasteiger partial charge >= 0.3 is 5.97 Å². The van der Waals surface area contributed by atoms with E-state index in [2.05, 4.69) is 0 Å². The van der Waals surface area contributed by atoms with E-state index >= 15 is 0 Å². The topological polar surface area (TPSA) is 63.3 Å². The van der Waals surface area contributed by atoms with E-state index < -0.39 is 5.97 Å². The van der Waals surface area contributed by atoms with Gasteiger partial charge in [0.15, 0.2) is 0 Å². The van der Waals surface area contributed by atoms with Crippen LogP contribution in [0.3, 0.4) is 0 Å². The smallest absolute Gasteiger partial charge is 0.327 e. The summed E-state index contributed by atoms with van der Waals surface area (Å²) in [6.07, 6.45) is 2.56. The summed E-state index contributed by atoms with van der Waals surface area (Å²) in [5.41, 5.74) is 4.85. The molecule has 0 aromatic heterocycles. The van der Waals surface area contributed by atoms with Crippen LogP contribution in [0.4, 0.5) is 0 Å². The van der Waals surface area contributed by atoms with Crippen molar-refractivity contribution < 1.29 is 9.90 Å². The third-order valence-corrected chi connectivity index (χ3v) is 0.309. The second-order valence-electron chi connectivity index (χ2n) is 1.25. The first-order chi connectivity index (χ1) is 4.18. The summed E-state index contributed by atoms with van der Waals surface area (Å²) < 4.78 is 0. The number of hydrogen-bond donors (Lipinski definition) is 2. The van der Waals surface area contributed by atoms with Crippen LogP contribution in [0, 0.1) is 0 Å². The molecule has 0 spiro atoms. The Hall–Kier alpha value is -0.830. The third-order valence-electron chi connectivity index (χ3n) is 0.309. The molecule has 3 nitrogen and oxygen atoms in total. The molecular formula is C6H13NO2. The van der Waals surface area contributed by atoms with Gasteiger partial charge in [-0.2, -0.15) is 0 Å². The first-order valence-electron chi connectivity index (χ1n) is 2.74. The minimum atomic E-state index is -0.891. The maximum atomic E-state index is 9.51. The molecule has 0 aliphatic carbocycles. The van der Waals surface area contributed by atoms with E-state index in [1.165, 1.54) is 6.08 Å². The number of nitrogens with two attached hydrogens (primary N) is 1. The number of rotatable bonds is 1. The van der Waals surface area contributed by atoms with Gasteiger partial charge in [0.25, 0.3) is 0 Å². The summed E-state index contributed by atoms with van der Waals surface area (Å²) in [6, 6.07) is 0. The van der Waals surface area contributed by atoms with Crippen molar-refractivity contribution in [1.29, 1.82) is 0 Å². The van der Waals surface area contributed by atoms with Gasteiger partial charge in [-0.1, -0.05) is 13.0 Å². The Bertz CT molecular complexity index is 89.1. The molecule has 0 amide bonds. The number of carboxylic acid groups (broad SMARTS) is 1. The molecular weight excluding hydrogens is 118 g/mol. The van der Waals surface area contributed by atoms with Gasteiger partial charge in [-0.05, 0) is 13.5 Å². The standard InChI is InChI=1S/C4H6O2.C2H7N/c1-2-3-4(5)6;1-2-3/h2-3H,1H3,(H,5,6);2-3H2,1H3/b3-2+;. The lowest BCUT2D eigenvalue weighted by Crippen LogP contribution is -1.87. The Morgan fingerprint density at radius 3 is 2.11 bits per heavy atom. The number of carbonyl (C=O) groups is 1. The van der Waals surface area contributed by atoms with Gasteiger partial charge in [0.2, 0.25) is 0 Å². The van der Waals surface area contributed by atoms with Crippen molar-refractivity contribution in [2.75, 3.05) is 6.54 Å². The fraction of sp³-hybridized carbons (Fsp3) is 0.500. The van der Waals surface area contributed by atoms with Crippen LogP contribution in [-0.2, 0) is 4.79 Å². The van der Waals surface area contributed by atoms with Gasteiger partial charge in [-0.15, -0.1) is 0 Å². The molecule has 0 aromatic rings. The molecule has 0 atom stereocenters. The SMILES string of the molecule is C/C=C/C(=O)O.CCN. The first-order valence-corrected chi connectivity index (χ1v) is 2.74. The van der Waals surface area contributed by atoms with Gasteiger partial charge in [0.05, 0.1) is 0 Å². The van der Waals surface area contributed by atoms with Crippen molar-refractivity contribution in [3.05, 3.63) is 12.2 Å². The predicted molar refractivity (Wildman–Crippen MR) is 37.2 cm³/mol. The zero-order chi connectivity index (χ0) is 7.70. The van der Waals surface area contributed by atoms with Crippen LogP contribution >= 0.6 is 0 Å². The summed E-state index contributed by atoms with van der Waals surface area (Å²) in [5, 5.41) is 7.83. The van der Waals surface area contributed by atoms with Crippen LogP contribution in [0.25, 0.3) is 0 Å². The van der Waals surface area contributed by atoms with Gasteiger partial charge in [0, 0.05) is 6.08 Å². The predicted octanol–water partition coefficient (Wildman–Crippen LogP) is 0.612. The van der Waals surface area contributed by atoms with E-state index in [0.717, 1.165) is 12.6 Å². The monoisotopic (exact) mass is 131 g/mol. The van der Waals surface area contributed by atoms with Crippen molar-refractivity contribution in [2.24, 2.45) is 5.73 Å². The Morgan fingerprint density at radius 1 is 1.78 bits per heavy atom. The summed E-state index contributed by atoms with van der Waals surface area (Å²) >= 11 is 0. The molecule has 9 heavy (non-hydrogen) atoms. The molecule has 0 aliphatic heterocycles.